The summed E-state index contributed by atoms with van der Waals surface area (Å²) < 4.78 is 5.42. The summed E-state index contributed by atoms with van der Waals surface area (Å²) in [7, 11) is 0. The molecule has 19 heavy (non-hydrogen) atoms. The van der Waals surface area contributed by atoms with Gasteiger partial charge in [0, 0.05) is 42.5 Å². The van der Waals surface area contributed by atoms with Gasteiger partial charge in [0.1, 0.15) is 0 Å². The Morgan fingerprint density at radius 2 is 2.11 bits per heavy atom. The molecule has 1 heterocycles. The Hall–Kier alpha value is -1.20. The quantitative estimate of drug-likeness (QED) is 0.922. The Kier molecular flexibility index (Phi) is 5.54. The van der Waals surface area contributed by atoms with Crippen LogP contribution in [-0.2, 0) is 11.3 Å². The summed E-state index contributed by atoms with van der Waals surface area (Å²) in [6.45, 7) is 4.81. The number of benzene rings is 1. The van der Waals surface area contributed by atoms with Gasteiger partial charge in [-0.15, -0.1) is 0 Å². The zero-order valence-electron chi connectivity index (χ0n) is 11.2. The van der Waals surface area contributed by atoms with E-state index < -0.39 is 0 Å². The summed E-state index contributed by atoms with van der Waals surface area (Å²) in [5, 5.41) is 2.99. The predicted octanol–water partition coefficient (Wildman–Crippen LogP) is 2.80. The van der Waals surface area contributed by atoms with Crippen LogP contribution in [0.3, 0.4) is 0 Å². The highest BCUT2D eigenvalue weighted by molar-refractivity contribution is 7.99. The van der Waals surface area contributed by atoms with Crippen molar-refractivity contribution in [2.45, 2.75) is 13.5 Å². The molecule has 1 aliphatic heterocycles. The van der Waals surface area contributed by atoms with Crippen LogP contribution in [0.5, 0.6) is 0 Å². The Morgan fingerprint density at radius 1 is 1.37 bits per heavy atom. The van der Waals surface area contributed by atoms with Crippen LogP contribution in [0.25, 0.3) is 0 Å². The molecule has 0 radical (unpaired) electrons. The molecule has 1 N–H and O–H groups in total. The molecule has 0 bridgehead atoms. The van der Waals surface area contributed by atoms with Crippen molar-refractivity contribution in [2.24, 2.45) is 0 Å². The number of hydrogen-bond donors (Lipinski definition) is 1. The summed E-state index contributed by atoms with van der Waals surface area (Å²) in [6.07, 6.45) is 0. The third-order valence-corrected chi connectivity index (χ3v) is 3.96. The number of rotatable bonds is 4. The lowest BCUT2D eigenvalue weighted by Gasteiger charge is -2.27. The monoisotopic (exact) mass is 280 g/mol. The van der Waals surface area contributed by atoms with E-state index in [9.17, 15) is 4.79 Å². The van der Waals surface area contributed by atoms with Crippen LogP contribution in [0, 0.1) is 0 Å². The Morgan fingerprint density at radius 3 is 2.84 bits per heavy atom. The zero-order valence-corrected chi connectivity index (χ0v) is 12.0. The zero-order chi connectivity index (χ0) is 13.5. The molecule has 1 aliphatic rings. The van der Waals surface area contributed by atoms with Crippen molar-refractivity contribution in [3.8, 4) is 0 Å². The molecular formula is C14H20N2O2S. The smallest absolute Gasteiger partial charge is 0.321 e. The van der Waals surface area contributed by atoms with Gasteiger partial charge in [-0.2, -0.15) is 11.8 Å². The maximum absolute atomic E-state index is 12.2. The van der Waals surface area contributed by atoms with E-state index in [2.05, 4.69) is 5.32 Å². The lowest BCUT2D eigenvalue weighted by molar-refractivity contribution is 0.134. The molecule has 2 rings (SSSR count). The van der Waals surface area contributed by atoms with Crippen LogP contribution < -0.4 is 5.32 Å². The minimum absolute atomic E-state index is 0.00996. The molecular weight excluding hydrogens is 260 g/mol. The highest BCUT2D eigenvalue weighted by Gasteiger charge is 2.17. The van der Waals surface area contributed by atoms with Gasteiger partial charge in [0.15, 0.2) is 0 Å². The van der Waals surface area contributed by atoms with Crippen LogP contribution in [0.4, 0.5) is 10.5 Å². The fourth-order valence-electron chi connectivity index (χ4n) is 1.94. The van der Waals surface area contributed by atoms with E-state index in [1.54, 1.807) is 0 Å². The van der Waals surface area contributed by atoms with Crippen LogP contribution >= 0.6 is 11.8 Å². The largest absolute Gasteiger partial charge is 0.377 e. The van der Waals surface area contributed by atoms with E-state index in [-0.39, 0.29) is 6.03 Å². The summed E-state index contributed by atoms with van der Waals surface area (Å²) in [4.78, 5) is 14.0. The lowest BCUT2D eigenvalue weighted by atomic mass is 10.2. The second-order valence-electron chi connectivity index (χ2n) is 4.32. The minimum Gasteiger partial charge on any atom is -0.377 e. The average molecular weight is 280 g/mol. The number of carbonyl (C=O) groups excluding carboxylic acids is 1. The van der Waals surface area contributed by atoms with E-state index in [4.69, 9.17) is 4.74 Å². The van der Waals surface area contributed by atoms with E-state index >= 15 is 0 Å². The van der Waals surface area contributed by atoms with Crippen molar-refractivity contribution in [1.82, 2.24) is 4.90 Å². The molecule has 0 unspecified atom stereocenters. The summed E-state index contributed by atoms with van der Waals surface area (Å²) in [5.41, 5.74) is 1.86. The standard InChI is InChI=1S/C14H20N2O2S/c1-2-18-11-12-5-3-4-6-13(12)15-14(17)16-7-9-19-10-8-16/h3-6H,2,7-11H2,1H3,(H,15,17). The van der Waals surface area contributed by atoms with Crippen LogP contribution in [0.2, 0.25) is 0 Å². The number of anilines is 1. The fraction of sp³-hybridized carbons (Fsp3) is 0.500. The SMILES string of the molecule is CCOCc1ccccc1NC(=O)N1CCSCC1. The van der Waals surface area contributed by atoms with Gasteiger partial charge in [-0.05, 0) is 13.0 Å². The second-order valence-corrected chi connectivity index (χ2v) is 5.55. The molecule has 1 aromatic carbocycles. The van der Waals surface area contributed by atoms with Gasteiger partial charge in [-0.3, -0.25) is 0 Å². The number of urea groups is 1. The molecule has 5 heteroatoms. The highest BCUT2D eigenvalue weighted by Crippen LogP contribution is 2.18. The molecule has 1 aromatic rings. The van der Waals surface area contributed by atoms with Gasteiger partial charge in [0.2, 0.25) is 0 Å². The Balaban J connectivity index is 1.99. The van der Waals surface area contributed by atoms with E-state index in [1.165, 1.54) is 0 Å². The van der Waals surface area contributed by atoms with E-state index in [0.717, 1.165) is 35.8 Å². The second kappa shape index (κ2) is 7.40. The number of para-hydroxylation sites is 1. The third-order valence-electron chi connectivity index (χ3n) is 3.02. The van der Waals surface area contributed by atoms with Crippen LogP contribution in [0.1, 0.15) is 12.5 Å². The summed E-state index contributed by atoms with van der Waals surface area (Å²) in [6, 6.07) is 7.78. The lowest BCUT2D eigenvalue weighted by Crippen LogP contribution is -2.40. The molecule has 0 saturated carbocycles. The molecule has 0 atom stereocenters. The first kappa shape index (κ1) is 14.2. The topological polar surface area (TPSA) is 41.6 Å². The van der Waals surface area contributed by atoms with Crippen molar-refractivity contribution in [3.05, 3.63) is 29.8 Å². The van der Waals surface area contributed by atoms with Gasteiger partial charge in [0.25, 0.3) is 0 Å². The number of ether oxygens (including phenoxy) is 1. The van der Waals surface area contributed by atoms with E-state index in [1.807, 2.05) is 47.9 Å². The average Bonchev–Trinajstić information content (AvgIpc) is 2.47. The number of hydrogen-bond acceptors (Lipinski definition) is 3. The number of thioether (sulfide) groups is 1. The van der Waals surface area contributed by atoms with Gasteiger partial charge in [-0.1, -0.05) is 18.2 Å². The number of nitrogens with one attached hydrogen (secondary N) is 1. The molecule has 1 fully saturated rings. The molecule has 0 spiro atoms. The molecule has 0 aliphatic carbocycles. The van der Waals surface area contributed by atoms with Gasteiger partial charge >= 0.3 is 6.03 Å². The normalized spacial score (nSPS) is 15.3. The maximum atomic E-state index is 12.2. The predicted molar refractivity (Wildman–Crippen MR) is 79.7 cm³/mol. The van der Waals surface area contributed by atoms with Crippen LogP contribution in [0.15, 0.2) is 24.3 Å². The molecule has 1 saturated heterocycles. The molecule has 104 valence electrons. The van der Waals surface area contributed by atoms with Crippen molar-refractivity contribution in [3.63, 3.8) is 0 Å². The van der Waals surface area contributed by atoms with Crippen molar-refractivity contribution in [2.75, 3.05) is 36.5 Å². The number of carbonyl (C=O) groups is 1. The fourth-order valence-corrected chi connectivity index (χ4v) is 2.84. The first-order chi connectivity index (χ1) is 9.31. The first-order valence-electron chi connectivity index (χ1n) is 6.60. The van der Waals surface area contributed by atoms with Crippen molar-refractivity contribution >= 4 is 23.5 Å². The number of nitrogens with zero attached hydrogens (tertiary/aromatic N) is 1. The summed E-state index contributed by atoms with van der Waals surface area (Å²) >= 11 is 1.89. The minimum atomic E-state index is -0.00996. The Labute approximate surface area is 118 Å². The summed E-state index contributed by atoms with van der Waals surface area (Å²) in [5.74, 6) is 2.04. The molecule has 2 amide bonds. The van der Waals surface area contributed by atoms with Crippen LogP contribution in [-0.4, -0.2) is 42.1 Å². The van der Waals surface area contributed by atoms with Crippen molar-refractivity contribution < 1.29 is 9.53 Å². The maximum Gasteiger partial charge on any atom is 0.321 e. The van der Waals surface area contributed by atoms with Crippen molar-refractivity contribution in [1.29, 1.82) is 0 Å². The first-order valence-corrected chi connectivity index (χ1v) is 7.76. The molecule has 4 nitrogen and oxygen atoms in total. The van der Waals surface area contributed by atoms with E-state index in [0.29, 0.717) is 13.2 Å². The molecule has 0 aromatic heterocycles. The van der Waals surface area contributed by atoms with Gasteiger partial charge in [-0.25, -0.2) is 4.79 Å². The third kappa shape index (κ3) is 4.14. The van der Waals surface area contributed by atoms with Gasteiger partial charge in [0.05, 0.1) is 6.61 Å². The van der Waals surface area contributed by atoms with Gasteiger partial charge < -0.3 is 15.0 Å². The Bertz CT molecular complexity index is 420. The highest BCUT2D eigenvalue weighted by atomic mass is 32.2. The number of amides is 2.